The number of nitrogens with one attached hydrogen (secondary N) is 7. The Morgan fingerprint density at radius 2 is 0.907 bits per heavy atom. The number of aromatic amines is 2. The number of benzene rings is 4. The van der Waals surface area contributed by atoms with Crippen LogP contribution in [0, 0.1) is 34.0 Å². The number of nitrogens with zero attached hydrogens (tertiary/aromatic N) is 12. The molecule has 107 heavy (non-hydrogen) atoms. The predicted molar refractivity (Wildman–Crippen MR) is 379 cm³/mol. The van der Waals surface area contributed by atoms with Crippen LogP contribution in [0.3, 0.4) is 0 Å². The van der Waals surface area contributed by atoms with Crippen molar-refractivity contribution in [3.05, 3.63) is 107 Å². The van der Waals surface area contributed by atoms with Crippen molar-refractivity contribution in [1.29, 1.82) is 0 Å². The Balaban J connectivity index is 0.000000287. The molecule has 8 amide bonds. The largest absolute Gasteiger partial charge is 1.00 e. The average Bonchev–Trinajstić information content (AvgIpc) is 1.61. The molecule has 0 saturated carbocycles. The van der Waals surface area contributed by atoms with E-state index in [-0.39, 0.29) is 235 Å². The van der Waals surface area contributed by atoms with Gasteiger partial charge < -0.3 is 46.8 Å². The monoisotopic (exact) mass is 1840 g/mol. The molecule has 4 aromatic carbocycles. The number of hydrogen-bond donors (Lipinski definition) is 8. The van der Waals surface area contributed by atoms with Crippen molar-refractivity contribution >= 4 is 172 Å². The molecular weight excluding hydrogens is 1770 g/mol. The number of imide groups is 4. The van der Waals surface area contributed by atoms with Gasteiger partial charge in [-0.1, -0.05) is 0 Å². The summed E-state index contributed by atoms with van der Waals surface area (Å²) in [5, 5.41) is 78.0. The second-order valence-electron chi connectivity index (χ2n) is 25.4. The molecule has 8 aromatic rings. The number of ether oxygens (including phenoxy) is 2. The molecule has 44 heteroatoms. The van der Waals surface area contributed by atoms with Gasteiger partial charge in [-0.3, -0.25) is 105 Å². The van der Waals surface area contributed by atoms with E-state index in [4.69, 9.17) is 25.3 Å². The Labute approximate surface area is 739 Å². The number of carbonyl (C=O) groups is 11. The van der Waals surface area contributed by atoms with E-state index in [2.05, 4.69) is 62.1 Å². The third-order valence-corrected chi connectivity index (χ3v) is 16.6. The summed E-state index contributed by atoms with van der Waals surface area (Å²) in [5.41, 5.74) is 7.02. The fourth-order valence-electron chi connectivity index (χ4n) is 10.8. The Kier molecular flexibility index (Phi) is 32.9. The van der Waals surface area contributed by atoms with E-state index in [9.17, 15) is 78.3 Å². The van der Waals surface area contributed by atoms with Crippen LogP contribution in [0.15, 0.2) is 72.8 Å². The molecule has 4 fully saturated rings. The number of rotatable bonds is 11. The van der Waals surface area contributed by atoms with Crippen molar-refractivity contribution in [1.82, 2.24) is 66.5 Å². The first-order chi connectivity index (χ1) is 49.3. The number of nitrogens with two attached hydrogens (primary N) is 1. The maximum Gasteiger partial charge on any atom is 1.00 e. The molecule has 0 aliphatic carbocycles. The normalized spacial score (nSPS) is 16.8. The number of amides is 8. The van der Waals surface area contributed by atoms with Gasteiger partial charge in [-0.2, -0.15) is 24.7 Å². The molecule has 4 saturated heterocycles. The maximum atomic E-state index is 12.6. The second-order valence-corrected chi connectivity index (χ2v) is 26.4. The zero-order valence-corrected chi connectivity index (χ0v) is 74.6. The third-order valence-electron chi connectivity index (χ3n) is 15.8. The number of carbonyl (C=O) groups excluding carboxylic acids is 11. The van der Waals surface area contributed by atoms with Crippen LogP contribution in [0.1, 0.15) is 94.3 Å². The van der Waals surface area contributed by atoms with Crippen molar-refractivity contribution in [2.45, 2.75) is 128 Å². The summed E-state index contributed by atoms with van der Waals surface area (Å²) in [6.45, 7) is 10.2. The van der Waals surface area contributed by atoms with Crippen molar-refractivity contribution in [3.63, 3.8) is 0 Å². The number of nitro benzene ring substituents is 3. The Morgan fingerprint density at radius 1 is 0.561 bits per heavy atom. The molecule has 0 bridgehead atoms. The zero-order valence-electron chi connectivity index (χ0n) is 60.9. The molecule has 4 aliphatic rings. The SMILES string of the molecule is CC(C)(C)OC(=O)n1nc(I)c2cc([N+](=O)[O-])ccc21.CN(c1n[nH]c2ccc(N)cc12)C1CCC(=O)NC1=O.CN(c1n[nH]c2ccc([N+](=O)[O-])cc12)C1CCC(=O)NC1=O.CN(c1nn(C(=O)OC(C)(C)C)c2ccc([N+](=O)[O-])cc12)C1CCC(=O)NC1=O.CNC1CCC(=O)NC1=O.O=CO[O-].[Cs+].[Cs+].[H-]. The van der Waals surface area contributed by atoms with Crippen LogP contribution in [-0.4, -0.2) is 184 Å². The zero-order chi connectivity index (χ0) is 77.7. The van der Waals surface area contributed by atoms with E-state index in [0.717, 1.165) is 20.3 Å². The molecule has 560 valence electrons. The van der Waals surface area contributed by atoms with Gasteiger partial charge in [0.2, 0.25) is 47.3 Å². The number of fused-ring (bicyclic) bond motifs is 4. The molecule has 12 rings (SSSR count). The van der Waals surface area contributed by atoms with Crippen molar-refractivity contribution in [3.8, 4) is 0 Å². The van der Waals surface area contributed by atoms with E-state index in [1.165, 1.54) is 53.4 Å². The number of nitro groups is 3. The van der Waals surface area contributed by atoms with Crippen molar-refractivity contribution in [2.75, 3.05) is 48.6 Å². The first-order valence-electron chi connectivity index (χ1n) is 31.6. The molecule has 8 heterocycles. The molecule has 4 aliphatic heterocycles. The summed E-state index contributed by atoms with van der Waals surface area (Å²) in [6.07, 6.45) is 1.57. The molecule has 4 aromatic heterocycles. The van der Waals surface area contributed by atoms with Crippen LogP contribution in [0.2, 0.25) is 0 Å². The Bertz CT molecular complexity index is 4750. The maximum absolute atomic E-state index is 12.6. The summed E-state index contributed by atoms with van der Waals surface area (Å²) in [7, 11) is 6.76. The van der Waals surface area contributed by atoms with Crippen molar-refractivity contribution in [2.24, 2.45) is 0 Å². The number of anilines is 4. The van der Waals surface area contributed by atoms with Gasteiger partial charge in [0.25, 0.3) is 23.5 Å². The van der Waals surface area contributed by atoms with Gasteiger partial charge in [-0.05, 0) is 133 Å². The minimum Gasteiger partial charge on any atom is -1.00 e. The molecule has 9 N–H and O–H groups in total. The fraction of sp³-hybridized carbons (Fsp3) is 0.381. The van der Waals surface area contributed by atoms with Gasteiger partial charge in [0.1, 0.15) is 33.0 Å². The van der Waals surface area contributed by atoms with E-state index in [0.29, 0.717) is 85.8 Å². The van der Waals surface area contributed by atoms with Crippen LogP contribution >= 0.6 is 22.6 Å². The van der Waals surface area contributed by atoms with Crippen LogP contribution in [-0.2, 0) is 57.5 Å². The summed E-state index contributed by atoms with van der Waals surface area (Å²) in [6, 6.07) is 16.2. The number of nitrogen functional groups attached to an aromatic ring is 1. The Morgan fingerprint density at radius 3 is 1.29 bits per heavy atom. The van der Waals surface area contributed by atoms with E-state index < -0.39 is 62.2 Å². The van der Waals surface area contributed by atoms with Gasteiger partial charge in [-0.25, -0.2) is 9.59 Å². The predicted octanol–water partition coefficient (Wildman–Crippen LogP) is -2.03. The molecule has 4 unspecified atom stereocenters. The minimum atomic E-state index is -0.772. The number of piperidine rings is 4. The molecular formula is C63H73Cs2IN20O21. The molecule has 41 nitrogen and oxygen atoms in total. The molecule has 4 atom stereocenters. The topological polar surface area (TPSA) is 557 Å². The van der Waals surface area contributed by atoms with Gasteiger partial charge in [0.05, 0.1) is 53.7 Å². The quantitative estimate of drug-likeness (QED) is 0.0132. The Hall–Kier alpha value is -8.12. The minimum absolute atomic E-state index is 0. The second kappa shape index (κ2) is 39.3. The van der Waals surface area contributed by atoms with Crippen molar-refractivity contribution < 1.29 is 226 Å². The number of H-pyrrole nitrogens is 2. The van der Waals surface area contributed by atoms with Crippen LogP contribution in [0.25, 0.3) is 43.6 Å². The van der Waals surface area contributed by atoms with Gasteiger partial charge >= 0.3 is 150 Å². The first kappa shape index (κ1) is 89.5. The summed E-state index contributed by atoms with van der Waals surface area (Å²) in [5.74, 6) is -1.14. The van der Waals surface area contributed by atoms with E-state index >= 15 is 0 Å². The fourth-order valence-corrected chi connectivity index (χ4v) is 11.4. The van der Waals surface area contributed by atoms with Crippen LogP contribution in [0.4, 0.5) is 49.8 Å². The molecule has 0 spiro atoms. The number of halogens is 1. The van der Waals surface area contributed by atoms with E-state index in [1.807, 2.05) is 34.7 Å². The number of hydrogen-bond acceptors (Lipinski definition) is 30. The summed E-state index contributed by atoms with van der Waals surface area (Å²) in [4.78, 5) is 164. The standard InChI is InChI=1S/C18H21N5O6.C13H13N5O4.C13H15N5O2.C12H12IN3O4.C6H10N2O2.CH2O3.2Cs.H/c1-18(2,3)29-17(26)22-12-6-5-10(23(27)28)9-11(12)15(20-22)21(4)13-7-8-14(24)19-16(13)25;1-17(10-4-5-11(19)14-13(10)20)12-8-6-7(18(21)22)2-3-9(8)15-16-12;1-18(10-4-5-11(19)15-13(10)20)12-8-6-7(14)2-3-9(8)16-17-12;1-12(2,3)20-11(17)15-9-5-4-7(16(18)19)6-8(9)10(13)14-15;1-7-4-2-3-5(9)8-6(4)10;2-1-4-3;;;/h5-6,9,13H,7-8H2,1-4H3,(H,19,24,25);2-3,6,10H,4-5H2,1H3,(H,15,16)(H,14,19,20);2-3,6,10H,4-5,14H2,1H3,(H,16,17)(H,15,19,20);4-6H,1-3H3;4,7H,2-3H2,1H3,(H,8,9,10);1,3H;;;/q;;;;;;2*+1;-1/p-1. The molecule has 0 radical (unpaired) electrons. The first-order valence-corrected chi connectivity index (χ1v) is 32.7. The smallest absolute Gasteiger partial charge is 1.00 e. The van der Waals surface area contributed by atoms with Gasteiger partial charge in [-0.15, -0.1) is 5.10 Å². The number of likely N-dealkylation sites (N-methyl/N-ethyl adjacent to an activating group) is 4. The number of aromatic nitrogens is 8. The van der Waals surface area contributed by atoms with E-state index in [1.54, 1.807) is 91.7 Å². The third kappa shape index (κ3) is 23.7. The average molecular weight is 1840 g/mol. The summed E-state index contributed by atoms with van der Waals surface area (Å²) >= 11 is 1.93. The van der Waals surface area contributed by atoms with Gasteiger partial charge in [0, 0.05) is 99.7 Å². The number of non-ortho nitro benzene ring substituents is 3. The van der Waals surface area contributed by atoms with Crippen LogP contribution < -0.4 is 190 Å². The summed E-state index contributed by atoms with van der Waals surface area (Å²) < 4.78 is 13.3. The van der Waals surface area contributed by atoms with Crippen LogP contribution in [0.5, 0.6) is 0 Å². The van der Waals surface area contributed by atoms with Gasteiger partial charge in [0.15, 0.2) is 17.5 Å².